The molecule has 1 amide bonds. The molecular weight excluding hydrogens is 516 g/mol. The molecule has 192 valence electrons. The molecule has 36 heavy (non-hydrogen) atoms. The number of hydrogen-bond donors (Lipinski definition) is 1. The molecule has 1 aliphatic carbocycles. The second-order valence-corrected chi connectivity index (χ2v) is 10.2. The molecule has 0 saturated heterocycles. The Morgan fingerprint density at radius 1 is 1.11 bits per heavy atom. The summed E-state index contributed by atoms with van der Waals surface area (Å²) in [5.74, 6) is -2.77. The molecule has 0 unspecified atom stereocenters. The fraction of sp³-hybridized carbons (Fsp3) is 0.333. The lowest BCUT2D eigenvalue weighted by Crippen LogP contribution is -2.54. The highest BCUT2D eigenvalue weighted by Crippen LogP contribution is 2.32. The Labute approximate surface area is 200 Å². The maximum absolute atomic E-state index is 13.5. The molecule has 4 rings (SSSR count). The molecule has 2 atom stereocenters. The molecular formula is C21H17F6N5O3S. The number of rotatable bonds is 7. The number of hydrogen-bond acceptors (Lipinski definition) is 6. The summed E-state index contributed by atoms with van der Waals surface area (Å²) in [6.07, 6.45) is -5.34. The van der Waals surface area contributed by atoms with Gasteiger partial charge in [-0.1, -0.05) is 0 Å². The van der Waals surface area contributed by atoms with E-state index in [2.05, 4.69) is 20.4 Å². The molecule has 15 heteroatoms. The van der Waals surface area contributed by atoms with Gasteiger partial charge in [-0.05, 0) is 37.1 Å². The van der Waals surface area contributed by atoms with Gasteiger partial charge in [0, 0.05) is 17.8 Å². The molecule has 0 radical (unpaired) electrons. The standard InChI is InChI=1S/C21H17F6N5O3S/c22-12-1-3-14(4-2-12)36(34,35)16-6-5-15(16)30-17(33)7-11-10-32(31-18(11)19(23)24)13-8-28-20(29-9-13)21(25,26)27/h1-4,8-10,15-16,19H,5-7H2,(H,30,33)/t15-,16+/m1/s1. The SMILES string of the molecule is O=C(Cc1cn(-c2cnc(C(F)(F)F)nc2)nc1C(F)F)N[C@@H]1CC[C@@H]1S(=O)(=O)c1ccc(F)cc1. The molecule has 1 aromatic carbocycles. The highest BCUT2D eigenvalue weighted by molar-refractivity contribution is 7.92. The van der Waals surface area contributed by atoms with E-state index in [1.807, 2.05) is 0 Å². The van der Waals surface area contributed by atoms with Crippen LogP contribution in [-0.4, -0.2) is 45.4 Å². The van der Waals surface area contributed by atoms with Crippen LogP contribution in [0.5, 0.6) is 0 Å². The third-order valence-corrected chi connectivity index (χ3v) is 7.93. The number of alkyl halides is 5. The van der Waals surface area contributed by atoms with Gasteiger partial charge in [0.2, 0.25) is 11.7 Å². The number of nitrogens with one attached hydrogen (secondary N) is 1. The first-order valence-corrected chi connectivity index (χ1v) is 12.0. The lowest BCUT2D eigenvalue weighted by Gasteiger charge is -2.36. The van der Waals surface area contributed by atoms with Crippen LogP contribution in [-0.2, 0) is 27.2 Å². The zero-order valence-corrected chi connectivity index (χ0v) is 18.9. The van der Waals surface area contributed by atoms with Crippen molar-refractivity contribution in [1.29, 1.82) is 0 Å². The number of sulfone groups is 1. The highest BCUT2D eigenvalue weighted by atomic mass is 32.2. The smallest absolute Gasteiger partial charge is 0.352 e. The van der Waals surface area contributed by atoms with Crippen LogP contribution in [0.25, 0.3) is 5.69 Å². The summed E-state index contributed by atoms with van der Waals surface area (Å²) in [6.45, 7) is 0. The first kappa shape index (κ1) is 25.6. The molecule has 3 aromatic rings. The predicted octanol–water partition coefficient (Wildman–Crippen LogP) is 3.42. The molecule has 1 saturated carbocycles. The van der Waals surface area contributed by atoms with E-state index in [9.17, 15) is 39.6 Å². The summed E-state index contributed by atoms with van der Waals surface area (Å²) in [6, 6.07) is 3.47. The van der Waals surface area contributed by atoms with E-state index in [4.69, 9.17) is 0 Å². The first-order valence-electron chi connectivity index (χ1n) is 10.4. The lowest BCUT2D eigenvalue weighted by molar-refractivity contribution is -0.145. The van der Waals surface area contributed by atoms with Gasteiger partial charge < -0.3 is 5.32 Å². The third-order valence-electron chi connectivity index (χ3n) is 5.63. The van der Waals surface area contributed by atoms with Crippen LogP contribution in [0.15, 0.2) is 47.8 Å². The number of halogens is 6. The van der Waals surface area contributed by atoms with Crippen molar-refractivity contribution < 1.29 is 39.6 Å². The van der Waals surface area contributed by atoms with E-state index in [1.165, 1.54) is 0 Å². The molecule has 2 aromatic heterocycles. The van der Waals surface area contributed by atoms with Crippen molar-refractivity contribution in [2.45, 2.75) is 48.1 Å². The number of benzene rings is 1. The van der Waals surface area contributed by atoms with Gasteiger partial charge in [-0.25, -0.2) is 36.2 Å². The van der Waals surface area contributed by atoms with Crippen molar-refractivity contribution >= 4 is 15.7 Å². The first-order chi connectivity index (χ1) is 16.9. The minimum absolute atomic E-state index is 0.104. The fourth-order valence-electron chi connectivity index (χ4n) is 3.70. The van der Waals surface area contributed by atoms with E-state index in [0.29, 0.717) is 6.42 Å². The summed E-state index contributed by atoms with van der Waals surface area (Å²) in [5, 5.41) is 5.19. The molecule has 1 N–H and O–H groups in total. The van der Waals surface area contributed by atoms with Crippen LogP contribution >= 0.6 is 0 Å². The average Bonchev–Trinajstić information content (AvgIpc) is 3.20. The average molecular weight is 533 g/mol. The van der Waals surface area contributed by atoms with Crippen LogP contribution in [0.4, 0.5) is 26.3 Å². The largest absolute Gasteiger partial charge is 0.451 e. The van der Waals surface area contributed by atoms with Crippen molar-refractivity contribution in [2.75, 3.05) is 0 Å². The van der Waals surface area contributed by atoms with E-state index < -0.39 is 63.4 Å². The number of carbonyl (C=O) groups excluding carboxylic acids is 1. The number of amides is 1. The lowest BCUT2D eigenvalue weighted by atomic mass is 9.92. The van der Waals surface area contributed by atoms with Gasteiger partial charge in [0.05, 0.1) is 29.0 Å². The summed E-state index contributed by atoms with van der Waals surface area (Å²) >= 11 is 0. The van der Waals surface area contributed by atoms with Crippen LogP contribution < -0.4 is 5.32 Å². The van der Waals surface area contributed by atoms with Crippen LogP contribution in [0.2, 0.25) is 0 Å². The Morgan fingerprint density at radius 2 is 1.75 bits per heavy atom. The summed E-state index contributed by atoms with van der Waals surface area (Å²) in [5.41, 5.74) is -1.12. The van der Waals surface area contributed by atoms with Crippen molar-refractivity contribution in [1.82, 2.24) is 25.1 Å². The molecule has 0 spiro atoms. The zero-order valence-electron chi connectivity index (χ0n) is 18.1. The van der Waals surface area contributed by atoms with Crippen molar-refractivity contribution in [3.05, 3.63) is 65.8 Å². The van der Waals surface area contributed by atoms with E-state index in [0.717, 1.165) is 47.5 Å². The quantitative estimate of drug-likeness (QED) is 0.369. The van der Waals surface area contributed by atoms with Gasteiger partial charge in [0.15, 0.2) is 9.84 Å². The monoisotopic (exact) mass is 533 g/mol. The Morgan fingerprint density at radius 3 is 2.28 bits per heavy atom. The Kier molecular flexibility index (Phi) is 6.77. The second kappa shape index (κ2) is 9.52. The van der Waals surface area contributed by atoms with Gasteiger partial charge in [-0.15, -0.1) is 0 Å². The number of aromatic nitrogens is 4. The normalized spacial score (nSPS) is 18.2. The Hall–Kier alpha value is -3.49. The molecule has 2 heterocycles. The summed E-state index contributed by atoms with van der Waals surface area (Å²) in [7, 11) is -3.87. The molecule has 1 aliphatic rings. The zero-order chi connectivity index (χ0) is 26.3. The van der Waals surface area contributed by atoms with Crippen LogP contribution in [0.3, 0.4) is 0 Å². The van der Waals surface area contributed by atoms with Crippen molar-refractivity contribution in [2.24, 2.45) is 0 Å². The Balaban J connectivity index is 1.48. The Bertz CT molecular complexity index is 1360. The molecule has 8 nitrogen and oxygen atoms in total. The van der Waals surface area contributed by atoms with E-state index >= 15 is 0 Å². The predicted molar refractivity (Wildman–Crippen MR) is 111 cm³/mol. The van der Waals surface area contributed by atoms with Crippen LogP contribution in [0.1, 0.15) is 36.3 Å². The van der Waals surface area contributed by atoms with Crippen LogP contribution in [0, 0.1) is 5.82 Å². The maximum atomic E-state index is 13.5. The van der Waals surface area contributed by atoms with E-state index in [-0.39, 0.29) is 22.6 Å². The van der Waals surface area contributed by atoms with Gasteiger partial charge in [-0.2, -0.15) is 18.3 Å². The fourth-order valence-corrected chi connectivity index (χ4v) is 5.64. The van der Waals surface area contributed by atoms with Crippen molar-refractivity contribution in [3.8, 4) is 5.69 Å². The maximum Gasteiger partial charge on any atom is 0.451 e. The topological polar surface area (TPSA) is 107 Å². The van der Waals surface area contributed by atoms with Crippen molar-refractivity contribution in [3.63, 3.8) is 0 Å². The number of carbonyl (C=O) groups is 1. The van der Waals surface area contributed by atoms with Gasteiger partial charge >= 0.3 is 6.18 Å². The molecule has 0 bridgehead atoms. The second-order valence-electron chi connectivity index (χ2n) is 8.01. The molecule has 1 fully saturated rings. The van der Waals surface area contributed by atoms with Gasteiger partial charge in [-0.3, -0.25) is 4.79 Å². The van der Waals surface area contributed by atoms with Gasteiger partial charge in [0.25, 0.3) is 6.43 Å². The van der Waals surface area contributed by atoms with E-state index in [1.54, 1.807) is 0 Å². The third kappa shape index (κ3) is 5.20. The van der Waals surface area contributed by atoms with Gasteiger partial charge in [0.1, 0.15) is 17.2 Å². The minimum Gasteiger partial charge on any atom is -0.352 e. The highest BCUT2D eigenvalue weighted by Gasteiger charge is 2.42. The number of nitrogens with zero attached hydrogens (tertiary/aromatic N) is 4. The molecule has 0 aliphatic heterocycles. The minimum atomic E-state index is -4.79. The summed E-state index contributed by atoms with van der Waals surface area (Å²) in [4.78, 5) is 18.8. The summed E-state index contributed by atoms with van der Waals surface area (Å²) < 4.78 is 105.